The standard InChI is InChI=1S/C16H15ClN4O2/c1-2-16(22)21-5-6-23-10-14(21)12-7-13(20-15(17)8-12)11-3-4-18-19-9-11/h2-4,7-9,14H,1,5-6,10H2. The summed E-state index contributed by atoms with van der Waals surface area (Å²) in [6, 6.07) is 5.23. The van der Waals surface area contributed by atoms with Crippen LogP contribution >= 0.6 is 11.6 Å². The predicted molar refractivity (Wildman–Crippen MR) is 85.7 cm³/mol. The molecule has 1 aliphatic rings. The fourth-order valence-corrected chi connectivity index (χ4v) is 2.78. The maximum atomic E-state index is 12.1. The van der Waals surface area contributed by atoms with Gasteiger partial charge in [0.2, 0.25) is 5.91 Å². The lowest BCUT2D eigenvalue weighted by Crippen LogP contribution is -2.42. The second kappa shape index (κ2) is 6.85. The number of halogens is 1. The molecule has 0 saturated carbocycles. The van der Waals surface area contributed by atoms with E-state index in [-0.39, 0.29) is 11.9 Å². The van der Waals surface area contributed by atoms with Crippen LogP contribution in [0.1, 0.15) is 11.6 Å². The number of rotatable bonds is 3. The van der Waals surface area contributed by atoms with E-state index in [9.17, 15) is 4.79 Å². The zero-order valence-electron chi connectivity index (χ0n) is 12.4. The van der Waals surface area contributed by atoms with Crippen molar-refractivity contribution in [1.82, 2.24) is 20.1 Å². The van der Waals surface area contributed by atoms with Crippen molar-refractivity contribution >= 4 is 17.5 Å². The number of hydrogen-bond donors (Lipinski definition) is 0. The Morgan fingerprint density at radius 1 is 1.43 bits per heavy atom. The van der Waals surface area contributed by atoms with Gasteiger partial charge in [0.05, 0.1) is 37.3 Å². The Bertz CT molecular complexity index is 723. The summed E-state index contributed by atoms with van der Waals surface area (Å²) in [6.45, 7) is 5.00. The van der Waals surface area contributed by atoms with Gasteiger partial charge in [0.15, 0.2) is 0 Å². The zero-order chi connectivity index (χ0) is 16.2. The van der Waals surface area contributed by atoms with E-state index in [1.54, 1.807) is 29.4 Å². The van der Waals surface area contributed by atoms with Gasteiger partial charge in [-0.2, -0.15) is 10.2 Å². The maximum Gasteiger partial charge on any atom is 0.246 e. The molecule has 1 aliphatic heterocycles. The SMILES string of the molecule is C=CC(=O)N1CCOCC1c1cc(Cl)nc(-c2ccnnc2)c1. The molecule has 0 aliphatic carbocycles. The third-order valence-electron chi connectivity index (χ3n) is 3.67. The van der Waals surface area contributed by atoms with E-state index < -0.39 is 0 Å². The fraction of sp³-hybridized carbons (Fsp3) is 0.250. The monoisotopic (exact) mass is 330 g/mol. The quantitative estimate of drug-likeness (QED) is 0.638. The summed E-state index contributed by atoms with van der Waals surface area (Å²) >= 11 is 6.17. The molecular weight excluding hydrogens is 316 g/mol. The second-order valence-electron chi connectivity index (χ2n) is 5.07. The Morgan fingerprint density at radius 2 is 2.30 bits per heavy atom. The van der Waals surface area contributed by atoms with Crippen LogP contribution in [0.3, 0.4) is 0 Å². The summed E-state index contributed by atoms with van der Waals surface area (Å²) in [6.07, 6.45) is 4.52. The number of ether oxygens (including phenoxy) is 1. The van der Waals surface area contributed by atoms with Crippen molar-refractivity contribution in [2.75, 3.05) is 19.8 Å². The van der Waals surface area contributed by atoms with Gasteiger partial charge >= 0.3 is 0 Å². The first-order valence-corrected chi connectivity index (χ1v) is 7.52. The van der Waals surface area contributed by atoms with Gasteiger partial charge in [-0.25, -0.2) is 4.98 Å². The number of carbonyl (C=O) groups is 1. The Balaban J connectivity index is 2.00. The Labute approximate surface area is 138 Å². The summed E-state index contributed by atoms with van der Waals surface area (Å²) in [5.74, 6) is -0.127. The Kier molecular flexibility index (Phi) is 4.64. The molecule has 0 spiro atoms. The molecule has 1 fully saturated rings. The highest BCUT2D eigenvalue weighted by molar-refractivity contribution is 6.29. The lowest BCUT2D eigenvalue weighted by Gasteiger charge is -2.35. The van der Waals surface area contributed by atoms with Crippen molar-refractivity contribution in [2.24, 2.45) is 0 Å². The van der Waals surface area contributed by atoms with Crippen LogP contribution in [0.5, 0.6) is 0 Å². The molecule has 2 aromatic rings. The average Bonchev–Trinajstić information content (AvgIpc) is 2.61. The van der Waals surface area contributed by atoms with Crippen molar-refractivity contribution in [3.8, 4) is 11.3 Å². The minimum absolute atomic E-state index is 0.127. The molecule has 1 unspecified atom stereocenters. The van der Waals surface area contributed by atoms with Crippen LogP contribution in [0.4, 0.5) is 0 Å². The minimum Gasteiger partial charge on any atom is -0.377 e. The summed E-state index contributed by atoms with van der Waals surface area (Å²) in [5.41, 5.74) is 2.35. The molecule has 23 heavy (non-hydrogen) atoms. The van der Waals surface area contributed by atoms with Gasteiger partial charge in [-0.05, 0) is 29.8 Å². The van der Waals surface area contributed by atoms with Gasteiger partial charge in [-0.15, -0.1) is 0 Å². The van der Waals surface area contributed by atoms with Gasteiger partial charge in [-0.3, -0.25) is 4.79 Å². The molecule has 0 bridgehead atoms. The van der Waals surface area contributed by atoms with E-state index in [0.717, 1.165) is 11.1 Å². The minimum atomic E-state index is -0.219. The van der Waals surface area contributed by atoms with Crippen molar-refractivity contribution in [3.05, 3.63) is 54.0 Å². The first-order valence-electron chi connectivity index (χ1n) is 7.14. The molecule has 0 aromatic carbocycles. The van der Waals surface area contributed by atoms with Crippen molar-refractivity contribution in [3.63, 3.8) is 0 Å². The predicted octanol–water partition coefficient (Wildman–Crippen LogP) is 2.28. The number of pyridine rings is 1. The molecule has 118 valence electrons. The van der Waals surface area contributed by atoms with E-state index in [2.05, 4.69) is 21.8 Å². The smallest absolute Gasteiger partial charge is 0.246 e. The van der Waals surface area contributed by atoms with Crippen LogP contribution in [0.25, 0.3) is 11.3 Å². The normalized spacial score (nSPS) is 17.8. The van der Waals surface area contributed by atoms with Crippen LogP contribution in [-0.2, 0) is 9.53 Å². The van der Waals surface area contributed by atoms with E-state index in [1.807, 2.05) is 6.07 Å². The molecular formula is C16H15ClN4O2. The molecule has 3 rings (SSSR count). The number of hydrogen-bond acceptors (Lipinski definition) is 5. The number of nitrogens with zero attached hydrogens (tertiary/aromatic N) is 4. The topological polar surface area (TPSA) is 68.2 Å². The van der Waals surface area contributed by atoms with Crippen molar-refractivity contribution in [2.45, 2.75) is 6.04 Å². The molecule has 1 atom stereocenters. The number of amides is 1. The average molecular weight is 331 g/mol. The molecule has 0 N–H and O–H groups in total. The van der Waals surface area contributed by atoms with Gasteiger partial charge in [0.1, 0.15) is 5.15 Å². The van der Waals surface area contributed by atoms with E-state index >= 15 is 0 Å². The fourth-order valence-electron chi connectivity index (χ4n) is 2.56. The van der Waals surface area contributed by atoms with E-state index in [1.165, 1.54) is 6.08 Å². The highest BCUT2D eigenvalue weighted by Gasteiger charge is 2.28. The van der Waals surface area contributed by atoms with E-state index in [4.69, 9.17) is 16.3 Å². The van der Waals surface area contributed by atoms with Crippen LogP contribution < -0.4 is 0 Å². The molecule has 1 amide bonds. The zero-order valence-corrected chi connectivity index (χ0v) is 13.1. The largest absolute Gasteiger partial charge is 0.377 e. The Morgan fingerprint density at radius 3 is 3.04 bits per heavy atom. The third-order valence-corrected chi connectivity index (χ3v) is 3.86. The first-order chi connectivity index (χ1) is 11.2. The molecule has 2 aromatic heterocycles. The lowest BCUT2D eigenvalue weighted by molar-refractivity contribution is -0.134. The third kappa shape index (κ3) is 3.38. The van der Waals surface area contributed by atoms with E-state index in [0.29, 0.717) is 30.6 Å². The van der Waals surface area contributed by atoms with Crippen LogP contribution in [-0.4, -0.2) is 45.7 Å². The summed E-state index contributed by atoms with van der Waals surface area (Å²) in [4.78, 5) is 18.1. The summed E-state index contributed by atoms with van der Waals surface area (Å²) in [5, 5.41) is 7.96. The highest BCUT2D eigenvalue weighted by Crippen LogP contribution is 2.29. The molecule has 7 heteroatoms. The van der Waals surface area contributed by atoms with Gasteiger partial charge in [0, 0.05) is 12.1 Å². The number of carbonyl (C=O) groups excluding carboxylic acids is 1. The van der Waals surface area contributed by atoms with Crippen molar-refractivity contribution in [1.29, 1.82) is 0 Å². The van der Waals surface area contributed by atoms with Crippen LogP contribution in [0.15, 0.2) is 43.2 Å². The van der Waals surface area contributed by atoms with Crippen LogP contribution in [0, 0.1) is 0 Å². The Hall–Kier alpha value is -2.31. The molecule has 0 radical (unpaired) electrons. The number of morpholine rings is 1. The van der Waals surface area contributed by atoms with Crippen LogP contribution in [0.2, 0.25) is 5.15 Å². The number of aromatic nitrogens is 3. The maximum absolute atomic E-state index is 12.1. The first kappa shape index (κ1) is 15.6. The molecule has 6 nitrogen and oxygen atoms in total. The van der Waals surface area contributed by atoms with Crippen molar-refractivity contribution < 1.29 is 9.53 Å². The highest BCUT2D eigenvalue weighted by atomic mass is 35.5. The van der Waals surface area contributed by atoms with Gasteiger partial charge in [-0.1, -0.05) is 18.2 Å². The molecule has 3 heterocycles. The van der Waals surface area contributed by atoms with Gasteiger partial charge < -0.3 is 9.64 Å². The molecule has 1 saturated heterocycles. The van der Waals surface area contributed by atoms with Gasteiger partial charge in [0.25, 0.3) is 0 Å². The summed E-state index contributed by atoms with van der Waals surface area (Å²) < 4.78 is 5.53. The lowest BCUT2D eigenvalue weighted by atomic mass is 10.0. The summed E-state index contributed by atoms with van der Waals surface area (Å²) in [7, 11) is 0. The second-order valence-corrected chi connectivity index (χ2v) is 5.45.